The van der Waals surface area contributed by atoms with Crippen LogP contribution >= 0.6 is 0 Å². The van der Waals surface area contributed by atoms with E-state index in [9.17, 15) is 40.5 Å². The van der Waals surface area contributed by atoms with Crippen LogP contribution in [0.4, 0.5) is 0 Å². The first-order valence-electron chi connectivity index (χ1n) is 32.9. The Hall–Kier alpha value is -2.31. The number of allylic oxidation sites excluding steroid dienone is 10. The summed E-state index contributed by atoms with van der Waals surface area (Å²) in [6.45, 7) is 3.59. The molecular formula is C67H120O14. The number of hydrogen-bond donors (Lipinski definition) is 7. The highest BCUT2D eigenvalue weighted by atomic mass is 16.7. The maximum Gasteiger partial charge on any atom is 0.306 e. The largest absolute Gasteiger partial charge is 0.457 e. The molecule has 0 radical (unpaired) electrons. The second-order valence-corrected chi connectivity index (χ2v) is 22.9. The highest BCUT2D eigenvalue weighted by Gasteiger charge is 2.47. The lowest BCUT2D eigenvalue weighted by atomic mass is 9.98. The summed E-state index contributed by atoms with van der Waals surface area (Å²) in [6, 6.07) is 0. The number of carbonyl (C=O) groups excluding carboxylic acids is 1. The zero-order valence-electron chi connectivity index (χ0n) is 51.0. The SMILES string of the molecule is CC/C=C\C/C=C\C/C=C\C/C=C\C/C=C\CCCCCCCC(=O)OC(COCCCCCCCCCCCCCCCCCCCCCCCCCCCC)COC1OC(COC2OC(CO)C(O)C(O)C2O)C(O)C(O)C1O. The maximum absolute atomic E-state index is 13.1. The molecule has 0 bridgehead atoms. The topological polar surface area (TPSA) is 214 Å². The van der Waals surface area contributed by atoms with Crippen molar-refractivity contribution in [3.63, 3.8) is 0 Å². The van der Waals surface area contributed by atoms with Gasteiger partial charge in [-0.3, -0.25) is 4.79 Å². The number of carbonyl (C=O) groups is 1. The van der Waals surface area contributed by atoms with Gasteiger partial charge in [-0.25, -0.2) is 0 Å². The summed E-state index contributed by atoms with van der Waals surface area (Å²) in [4.78, 5) is 13.1. The highest BCUT2D eigenvalue weighted by molar-refractivity contribution is 5.69. The third-order valence-corrected chi connectivity index (χ3v) is 15.5. The molecule has 14 nitrogen and oxygen atoms in total. The van der Waals surface area contributed by atoms with E-state index in [0.29, 0.717) is 13.0 Å². The van der Waals surface area contributed by atoms with Crippen LogP contribution in [0.25, 0.3) is 0 Å². The predicted molar refractivity (Wildman–Crippen MR) is 326 cm³/mol. The number of rotatable bonds is 54. The second-order valence-electron chi connectivity index (χ2n) is 22.9. The summed E-state index contributed by atoms with van der Waals surface area (Å²) in [5.41, 5.74) is 0. The Kier molecular flexibility index (Phi) is 49.1. The van der Waals surface area contributed by atoms with Gasteiger partial charge in [-0.05, 0) is 57.8 Å². The molecule has 472 valence electrons. The normalized spacial score (nSPS) is 24.1. The van der Waals surface area contributed by atoms with E-state index < -0.39 is 86.7 Å². The molecule has 0 aromatic heterocycles. The van der Waals surface area contributed by atoms with Gasteiger partial charge in [0.05, 0.1) is 26.4 Å². The van der Waals surface area contributed by atoms with Gasteiger partial charge in [-0.1, -0.05) is 254 Å². The molecule has 0 spiro atoms. The molecule has 7 N–H and O–H groups in total. The lowest BCUT2D eigenvalue weighted by Crippen LogP contribution is -2.61. The molecule has 11 atom stereocenters. The van der Waals surface area contributed by atoms with Crippen LogP contribution in [0.3, 0.4) is 0 Å². The lowest BCUT2D eigenvalue weighted by Gasteiger charge is -2.42. The smallest absolute Gasteiger partial charge is 0.306 e. The first kappa shape index (κ1) is 74.8. The zero-order chi connectivity index (χ0) is 58.6. The van der Waals surface area contributed by atoms with Gasteiger partial charge in [0.1, 0.15) is 54.9 Å². The summed E-state index contributed by atoms with van der Waals surface area (Å²) in [7, 11) is 0. The minimum Gasteiger partial charge on any atom is -0.457 e. The summed E-state index contributed by atoms with van der Waals surface area (Å²) in [6.07, 6.45) is 51.5. The van der Waals surface area contributed by atoms with Gasteiger partial charge in [-0.2, -0.15) is 0 Å². The van der Waals surface area contributed by atoms with Crippen molar-refractivity contribution in [2.75, 3.05) is 33.0 Å². The van der Waals surface area contributed by atoms with Crippen molar-refractivity contribution in [2.24, 2.45) is 0 Å². The average molecular weight is 1150 g/mol. The Labute approximate surface area is 492 Å². The lowest BCUT2D eigenvalue weighted by molar-refractivity contribution is -0.332. The number of ether oxygens (including phenoxy) is 6. The minimum absolute atomic E-state index is 0.0542. The third kappa shape index (κ3) is 39.1. The van der Waals surface area contributed by atoms with Crippen LogP contribution in [0.5, 0.6) is 0 Å². The number of esters is 1. The van der Waals surface area contributed by atoms with Crippen molar-refractivity contribution in [3.8, 4) is 0 Å². The monoisotopic (exact) mass is 1150 g/mol. The fourth-order valence-corrected chi connectivity index (χ4v) is 10.3. The number of hydrogen-bond acceptors (Lipinski definition) is 14. The van der Waals surface area contributed by atoms with Gasteiger partial charge in [-0.15, -0.1) is 0 Å². The molecule has 81 heavy (non-hydrogen) atoms. The van der Waals surface area contributed by atoms with Crippen molar-refractivity contribution in [3.05, 3.63) is 60.8 Å². The van der Waals surface area contributed by atoms with Gasteiger partial charge < -0.3 is 64.2 Å². The van der Waals surface area contributed by atoms with Crippen molar-refractivity contribution >= 4 is 5.97 Å². The van der Waals surface area contributed by atoms with Crippen LogP contribution in [-0.4, -0.2) is 142 Å². The van der Waals surface area contributed by atoms with E-state index in [2.05, 4.69) is 74.6 Å². The van der Waals surface area contributed by atoms with E-state index in [1.54, 1.807) is 0 Å². The van der Waals surface area contributed by atoms with Crippen LogP contribution in [0.1, 0.15) is 258 Å². The molecular weight excluding hydrogens is 1030 g/mol. The van der Waals surface area contributed by atoms with E-state index in [1.165, 1.54) is 148 Å². The first-order valence-corrected chi connectivity index (χ1v) is 32.9. The quantitative estimate of drug-likeness (QED) is 0.0172. The molecule has 11 unspecified atom stereocenters. The molecule has 14 heteroatoms. The molecule has 0 aromatic carbocycles. The van der Waals surface area contributed by atoms with Crippen molar-refractivity contribution in [1.29, 1.82) is 0 Å². The molecule has 0 saturated carbocycles. The number of aliphatic hydroxyl groups excluding tert-OH is 7. The van der Waals surface area contributed by atoms with Crippen LogP contribution in [0.2, 0.25) is 0 Å². The van der Waals surface area contributed by atoms with Gasteiger partial charge in [0.15, 0.2) is 12.6 Å². The van der Waals surface area contributed by atoms with E-state index in [1.807, 2.05) is 0 Å². The minimum atomic E-state index is -1.71. The van der Waals surface area contributed by atoms with E-state index in [0.717, 1.165) is 83.5 Å². The van der Waals surface area contributed by atoms with Crippen LogP contribution < -0.4 is 0 Å². The van der Waals surface area contributed by atoms with Gasteiger partial charge in [0, 0.05) is 13.0 Å². The fraction of sp³-hybridized carbons (Fsp3) is 0.836. The van der Waals surface area contributed by atoms with E-state index in [4.69, 9.17) is 28.4 Å². The Morgan fingerprint density at radius 3 is 1.26 bits per heavy atom. The molecule has 2 rings (SSSR count). The number of aliphatic hydroxyl groups is 7. The summed E-state index contributed by atoms with van der Waals surface area (Å²) >= 11 is 0. The molecule has 2 fully saturated rings. The van der Waals surface area contributed by atoms with E-state index >= 15 is 0 Å². The summed E-state index contributed by atoms with van der Waals surface area (Å²) in [5, 5.41) is 72.5. The fourth-order valence-electron chi connectivity index (χ4n) is 10.3. The Morgan fingerprint density at radius 1 is 0.420 bits per heavy atom. The standard InChI is InChI=1S/C67H120O14/c1-3-5-7-9-11-13-15-17-19-21-23-25-26-27-28-29-31-33-35-37-39-41-43-45-47-49-51-76-53-56(54-77-66-65(75)63(73)61(71)58(81-66)55-78-67-64(74)62(72)60(70)57(52-68)80-67)79-59(69)50-48-46-44-42-40-38-36-34-32-30-24-22-20-18-16-14-12-10-8-6-4-2/h6,8,12,14,18,20,24,30,34,36,56-58,60-68,70-75H,3-5,7,9-11,13,15-17,19,21-23,25-29,31-33,35,37-55H2,1-2H3/b8-6-,14-12-,20-18-,30-24-,36-34-. The van der Waals surface area contributed by atoms with Crippen LogP contribution in [-0.2, 0) is 33.2 Å². The Morgan fingerprint density at radius 2 is 0.802 bits per heavy atom. The third-order valence-electron chi connectivity index (χ3n) is 15.5. The Balaban J connectivity index is 1.66. The molecule has 2 aliphatic rings. The first-order chi connectivity index (χ1) is 39.6. The van der Waals surface area contributed by atoms with Crippen LogP contribution in [0, 0.1) is 0 Å². The summed E-state index contributed by atoms with van der Waals surface area (Å²) < 4.78 is 34.5. The second kappa shape index (κ2) is 53.2. The average Bonchev–Trinajstić information content (AvgIpc) is 3.46. The number of unbranched alkanes of at least 4 members (excludes halogenated alkanes) is 30. The molecule has 0 aromatic rings. The van der Waals surface area contributed by atoms with E-state index in [-0.39, 0.29) is 19.6 Å². The predicted octanol–water partition coefficient (Wildman–Crippen LogP) is 13.2. The van der Waals surface area contributed by atoms with Gasteiger partial charge in [0.2, 0.25) is 0 Å². The van der Waals surface area contributed by atoms with Gasteiger partial charge >= 0.3 is 5.97 Å². The van der Waals surface area contributed by atoms with Crippen molar-refractivity contribution in [2.45, 2.75) is 325 Å². The molecule has 2 heterocycles. The highest BCUT2D eigenvalue weighted by Crippen LogP contribution is 2.27. The van der Waals surface area contributed by atoms with Crippen molar-refractivity contribution < 1.29 is 69.0 Å². The molecule has 0 amide bonds. The molecule has 2 saturated heterocycles. The van der Waals surface area contributed by atoms with Crippen LogP contribution in [0.15, 0.2) is 60.8 Å². The zero-order valence-corrected chi connectivity index (χ0v) is 51.0. The van der Waals surface area contributed by atoms with Crippen molar-refractivity contribution in [1.82, 2.24) is 0 Å². The van der Waals surface area contributed by atoms with Gasteiger partial charge in [0.25, 0.3) is 0 Å². The Bertz CT molecular complexity index is 1570. The molecule has 0 aliphatic carbocycles. The summed E-state index contributed by atoms with van der Waals surface area (Å²) in [5.74, 6) is -0.391. The maximum atomic E-state index is 13.1. The molecule has 2 aliphatic heterocycles.